The summed E-state index contributed by atoms with van der Waals surface area (Å²) in [5, 5.41) is 3.63. The van der Waals surface area contributed by atoms with Gasteiger partial charge in [0.1, 0.15) is 0 Å². The van der Waals surface area contributed by atoms with Crippen LogP contribution in [-0.4, -0.2) is 27.3 Å². The minimum absolute atomic E-state index is 0.00890. The summed E-state index contributed by atoms with van der Waals surface area (Å²) in [6.45, 7) is 1.83. The summed E-state index contributed by atoms with van der Waals surface area (Å²) in [7, 11) is 0. The van der Waals surface area contributed by atoms with E-state index in [4.69, 9.17) is 16.3 Å². The molecule has 0 aliphatic rings. The lowest BCUT2D eigenvalue weighted by Crippen LogP contribution is -2.09. The topological polar surface area (TPSA) is 57.0 Å². The molecule has 0 amide bonds. The lowest BCUT2D eigenvalue weighted by atomic mass is 10.3. The van der Waals surface area contributed by atoms with E-state index in [1.807, 2.05) is 0 Å². The number of aromatic nitrogens is 3. The number of halogens is 4. The van der Waals surface area contributed by atoms with E-state index in [9.17, 15) is 18.0 Å². The van der Waals surface area contributed by atoms with Crippen molar-refractivity contribution >= 4 is 17.6 Å². The Morgan fingerprint density at radius 3 is 2.76 bits per heavy atom. The SMILES string of the molecule is CCOC(=O)c1ccn(-c2ncc(C(F)(F)F)cc2Cl)n1. The van der Waals surface area contributed by atoms with Gasteiger partial charge in [0.25, 0.3) is 0 Å². The molecule has 0 aliphatic heterocycles. The lowest BCUT2D eigenvalue weighted by molar-refractivity contribution is -0.137. The van der Waals surface area contributed by atoms with Crippen LogP contribution in [0.25, 0.3) is 5.82 Å². The highest BCUT2D eigenvalue weighted by atomic mass is 35.5. The number of hydrogen-bond donors (Lipinski definition) is 0. The average molecular weight is 320 g/mol. The molecule has 2 aromatic rings. The quantitative estimate of drug-likeness (QED) is 0.816. The second-order valence-corrected chi connectivity index (χ2v) is 4.30. The summed E-state index contributed by atoms with van der Waals surface area (Å²) >= 11 is 5.78. The van der Waals surface area contributed by atoms with Crippen LogP contribution < -0.4 is 0 Å². The molecule has 2 aromatic heterocycles. The number of ether oxygens (including phenoxy) is 1. The summed E-state index contributed by atoms with van der Waals surface area (Å²) in [5.74, 6) is -0.653. The molecule has 0 N–H and O–H groups in total. The summed E-state index contributed by atoms with van der Waals surface area (Å²) in [6, 6.07) is 2.10. The highest BCUT2D eigenvalue weighted by Crippen LogP contribution is 2.31. The minimum Gasteiger partial charge on any atom is -0.461 e. The second kappa shape index (κ2) is 5.72. The standard InChI is InChI=1S/C12H9ClF3N3O2/c1-2-21-11(20)9-3-4-19(18-9)10-8(13)5-7(6-17-10)12(14,15)16/h3-6H,2H2,1H3. The van der Waals surface area contributed by atoms with Gasteiger partial charge < -0.3 is 4.74 Å². The van der Waals surface area contributed by atoms with Crippen molar-refractivity contribution in [2.75, 3.05) is 6.61 Å². The molecule has 0 saturated carbocycles. The van der Waals surface area contributed by atoms with E-state index in [1.165, 1.54) is 12.3 Å². The normalized spacial score (nSPS) is 11.5. The maximum atomic E-state index is 12.5. The molecule has 0 saturated heterocycles. The maximum Gasteiger partial charge on any atom is 0.417 e. The number of pyridine rings is 1. The molecule has 0 bridgehead atoms. The summed E-state index contributed by atoms with van der Waals surface area (Å²) in [6.07, 6.45) is -2.53. The fraction of sp³-hybridized carbons (Fsp3) is 0.250. The van der Waals surface area contributed by atoms with Crippen molar-refractivity contribution in [2.45, 2.75) is 13.1 Å². The molecule has 0 radical (unpaired) electrons. The number of hydrogen-bond acceptors (Lipinski definition) is 4. The molecule has 0 unspecified atom stereocenters. The Morgan fingerprint density at radius 1 is 1.48 bits per heavy atom. The van der Waals surface area contributed by atoms with Gasteiger partial charge in [-0.05, 0) is 19.1 Å². The molecule has 0 atom stereocenters. The number of rotatable bonds is 3. The minimum atomic E-state index is -4.53. The largest absolute Gasteiger partial charge is 0.461 e. The van der Waals surface area contributed by atoms with Crippen molar-refractivity contribution in [3.8, 4) is 5.82 Å². The van der Waals surface area contributed by atoms with Gasteiger partial charge in [-0.25, -0.2) is 14.5 Å². The van der Waals surface area contributed by atoms with Gasteiger partial charge in [-0.3, -0.25) is 0 Å². The summed E-state index contributed by atoms with van der Waals surface area (Å²) < 4.78 is 43.4. The molecular weight excluding hydrogens is 311 g/mol. The maximum absolute atomic E-state index is 12.5. The summed E-state index contributed by atoms with van der Waals surface area (Å²) in [4.78, 5) is 15.1. The molecule has 0 fully saturated rings. The Labute approximate surface area is 122 Å². The zero-order valence-electron chi connectivity index (χ0n) is 10.7. The molecule has 112 valence electrons. The first kappa shape index (κ1) is 15.3. The van der Waals surface area contributed by atoms with Gasteiger partial charge in [-0.15, -0.1) is 0 Å². The smallest absolute Gasteiger partial charge is 0.417 e. The Kier molecular flexibility index (Phi) is 4.17. The van der Waals surface area contributed by atoms with Crippen LogP contribution in [0.1, 0.15) is 23.0 Å². The van der Waals surface area contributed by atoms with Gasteiger partial charge in [0.15, 0.2) is 11.5 Å². The molecule has 2 rings (SSSR count). The van der Waals surface area contributed by atoms with Gasteiger partial charge in [0.05, 0.1) is 17.2 Å². The average Bonchev–Trinajstić information content (AvgIpc) is 2.87. The Balaban J connectivity index is 2.33. The number of alkyl halides is 3. The van der Waals surface area contributed by atoms with Gasteiger partial charge in [0, 0.05) is 12.4 Å². The van der Waals surface area contributed by atoms with Crippen molar-refractivity contribution in [2.24, 2.45) is 0 Å². The molecule has 9 heteroatoms. The third-order valence-electron chi connectivity index (χ3n) is 2.44. The monoisotopic (exact) mass is 319 g/mol. The number of nitrogens with zero attached hydrogens (tertiary/aromatic N) is 3. The van der Waals surface area contributed by atoms with Crippen molar-refractivity contribution in [3.05, 3.63) is 40.8 Å². The molecule has 0 aliphatic carbocycles. The van der Waals surface area contributed by atoms with E-state index in [1.54, 1.807) is 6.92 Å². The van der Waals surface area contributed by atoms with Crippen LogP contribution in [-0.2, 0) is 10.9 Å². The number of carbonyl (C=O) groups is 1. The van der Waals surface area contributed by atoms with Crippen LogP contribution in [0.3, 0.4) is 0 Å². The summed E-state index contributed by atoms with van der Waals surface area (Å²) in [5.41, 5.74) is -0.955. The highest BCUT2D eigenvalue weighted by molar-refractivity contribution is 6.32. The van der Waals surface area contributed by atoms with E-state index in [0.717, 1.165) is 10.7 Å². The first-order valence-corrected chi connectivity index (χ1v) is 6.16. The van der Waals surface area contributed by atoms with E-state index >= 15 is 0 Å². The van der Waals surface area contributed by atoms with E-state index in [2.05, 4.69) is 10.1 Å². The first-order valence-electron chi connectivity index (χ1n) is 5.79. The Hall–Kier alpha value is -2.09. The highest BCUT2D eigenvalue weighted by Gasteiger charge is 2.31. The number of esters is 1. The van der Waals surface area contributed by atoms with Gasteiger partial charge in [-0.2, -0.15) is 18.3 Å². The lowest BCUT2D eigenvalue weighted by Gasteiger charge is -2.08. The molecule has 0 spiro atoms. The third kappa shape index (κ3) is 3.33. The molecular formula is C12H9ClF3N3O2. The Bertz CT molecular complexity index is 670. The van der Waals surface area contributed by atoms with Crippen LogP contribution in [0, 0.1) is 0 Å². The van der Waals surface area contributed by atoms with E-state index < -0.39 is 17.7 Å². The predicted molar refractivity (Wildman–Crippen MR) is 67.3 cm³/mol. The molecule has 21 heavy (non-hydrogen) atoms. The van der Waals surface area contributed by atoms with Crippen molar-refractivity contribution < 1.29 is 22.7 Å². The van der Waals surface area contributed by atoms with Gasteiger partial charge >= 0.3 is 12.1 Å². The fourth-order valence-corrected chi connectivity index (χ4v) is 1.76. The van der Waals surface area contributed by atoms with Crippen LogP contribution in [0.4, 0.5) is 13.2 Å². The predicted octanol–water partition coefficient (Wildman–Crippen LogP) is 3.12. The van der Waals surface area contributed by atoms with Crippen molar-refractivity contribution in [1.29, 1.82) is 0 Å². The number of carbonyl (C=O) groups excluding carboxylic acids is 1. The van der Waals surface area contributed by atoms with Gasteiger partial charge in [-0.1, -0.05) is 11.6 Å². The van der Waals surface area contributed by atoms with E-state index in [-0.39, 0.29) is 23.1 Å². The third-order valence-corrected chi connectivity index (χ3v) is 2.72. The fourth-order valence-electron chi connectivity index (χ4n) is 1.51. The van der Waals surface area contributed by atoms with Crippen LogP contribution in [0.2, 0.25) is 5.02 Å². The van der Waals surface area contributed by atoms with Crippen LogP contribution in [0.15, 0.2) is 24.5 Å². The van der Waals surface area contributed by atoms with Crippen LogP contribution >= 0.6 is 11.6 Å². The molecule has 2 heterocycles. The first-order chi connectivity index (χ1) is 9.82. The Morgan fingerprint density at radius 2 is 2.19 bits per heavy atom. The van der Waals surface area contributed by atoms with E-state index in [0.29, 0.717) is 6.20 Å². The molecule has 0 aromatic carbocycles. The zero-order chi connectivity index (χ0) is 15.6. The van der Waals surface area contributed by atoms with Gasteiger partial charge in [0.2, 0.25) is 0 Å². The molecule has 5 nitrogen and oxygen atoms in total. The van der Waals surface area contributed by atoms with Crippen molar-refractivity contribution in [1.82, 2.24) is 14.8 Å². The van der Waals surface area contributed by atoms with Crippen LogP contribution in [0.5, 0.6) is 0 Å². The zero-order valence-corrected chi connectivity index (χ0v) is 11.4. The van der Waals surface area contributed by atoms with Crippen molar-refractivity contribution in [3.63, 3.8) is 0 Å². The second-order valence-electron chi connectivity index (χ2n) is 3.89.